The second-order valence-electron chi connectivity index (χ2n) is 9.29. The maximum Gasteiger partial charge on any atom is 0.416 e. The highest BCUT2D eigenvalue weighted by molar-refractivity contribution is 7.99. The van der Waals surface area contributed by atoms with Crippen molar-refractivity contribution in [3.05, 3.63) is 71.0 Å². The zero-order valence-electron chi connectivity index (χ0n) is 21.2. The Balaban J connectivity index is 0.00000336. The summed E-state index contributed by atoms with van der Waals surface area (Å²) in [7, 11) is 1.84. The van der Waals surface area contributed by atoms with E-state index in [0.717, 1.165) is 79.0 Å². The van der Waals surface area contributed by atoms with E-state index in [1.54, 1.807) is 11.8 Å². The van der Waals surface area contributed by atoms with Gasteiger partial charge in [0.05, 0.1) is 5.56 Å². The fraction of sp³-hybridized carbons (Fsp3) is 0.370. The number of alkyl halides is 3. The first-order valence-electron chi connectivity index (χ1n) is 12.3. The molecule has 0 fully saturated rings. The third-order valence-corrected chi connectivity index (χ3v) is 7.79. The summed E-state index contributed by atoms with van der Waals surface area (Å²) in [5, 5.41) is 13.4. The largest absolute Gasteiger partial charge is 0.416 e. The zero-order valence-corrected chi connectivity index (χ0v) is 22.8. The lowest BCUT2D eigenvalue weighted by Crippen LogP contribution is -2.27. The molecule has 3 heterocycles. The first-order chi connectivity index (χ1) is 17.8. The van der Waals surface area contributed by atoms with Crippen LogP contribution in [0.3, 0.4) is 0 Å². The SMILES string of the molecule is Cc1cc(-c2ccc3c(c2)CCN(CCCSc2nnc(-c4ccc(C(F)(F)F)cc4)n2C)CC3)no1.Cl. The van der Waals surface area contributed by atoms with E-state index in [1.807, 2.05) is 24.6 Å². The predicted molar refractivity (Wildman–Crippen MR) is 145 cm³/mol. The molecule has 1 aliphatic rings. The van der Waals surface area contributed by atoms with E-state index in [9.17, 15) is 13.2 Å². The Kier molecular flexibility index (Phi) is 8.85. The van der Waals surface area contributed by atoms with Gasteiger partial charge in [0.2, 0.25) is 0 Å². The number of rotatable bonds is 7. The van der Waals surface area contributed by atoms with Crippen molar-refractivity contribution >= 4 is 24.2 Å². The summed E-state index contributed by atoms with van der Waals surface area (Å²) in [4.78, 5) is 2.50. The van der Waals surface area contributed by atoms with Gasteiger partial charge in [-0.1, -0.05) is 41.2 Å². The topological polar surface area (TPSA) is 60.0 Å². The van der Waals surface area contributed by atoms with E-state index in [4.69, 9.17) is 4.52 Å². The van der Waals surface area contributed by atoms with Crippen molar-refractivity contribution < 1.29 is 17.7 Å². The molecule has 6 nitrogen and oxygen atoms in total. The van der Waals surface area contributed by atoms with Crippen LogP contribution in [0.15, 0.2) is 58.2 Å². The number of aromatic nitrogens is 4. The van der Waals surface area contributed by atoms with Crippen LogP contribution in [0.4, 0.5) is 13.2 Å². The molecule has 0 unspecified atom stereocenters. The number of hydrogen-bond acceptors (Lipinski definition) is 6. The maximum absolute atomic E-state index is 12.8. The molecular weight excluding hydrogens is 535 g/mol. The fourth-order valence-electron chi connectivity index (χ4n) is 4.61. The number of hydrogen-bond donors (Lipinski definition) is 0. The molecule has 1 aliphatic heterocycles. The van der Waals surface area contributed by atoms with Crippen LogP contribution < -0.4 is 0 Å². The minimum absolute atomic E-state index is 0. The Morgan fingerprint density at radius 2 is 1.66 bits per heavy atom. The summed E-state index contributed by atoms with van der Waals surface area (Å²) in [5.74, 6) is 2.26. The van der Waals surface area contributed by atoms with Crippen molar-refractivity contribution in [2.24, 2.45) is 7.05 Å². The lowest BCUT2D eigenvalue weighted by atomic mass is 9.99. The number of thioether (sulfide) groups is 1. The van der Waals surface area contributed by atoms with Crippen LogP contribution in [-0.4, -0.2) is 50.2 Å². The Bertz CT molecular complexity index is 1370. The molecule has 0 saturated heterocycles. The summed E-state index contributed by atoms with van der Waals surface area (Å²) < 4.78 is 45.6. The molecule has 0 aliphatic carbocycles. The highest BCUT2D eigenvalue weighted by Crippen LogP contribution is 2.31. The first-order valence-corrected chi connectivity index (χ1v) is 13.2. The Morgan fingerprint density at radius 3 is 2.34 bits per heavy atom. The summed E-state index contributed by atoms with van der Waals surface area (Å²) in [6.45, 7) is 4.95. The Labute approximate surface area is 230 Å². The summed E-state index contributed by atoms with van der Waals surface area (Å²) in [5.41, 5.74) is 4.69. The van der Waals surface area contributed by atoms with Gasteiger partial charge in [-0.05, 0) is 62.1 Å². The van der Waals surface area contributed by atoms with Gasteiger partial charge in [0.15, 0.2) is 11.0 Å². The molecule has 0 atom stereocenters. The van der Waals surface area contributed by atoms with Crippen molar-refractivity contribution in [1.29, 1.82) is 0 Å². The second kappa shape index (κ2) is 11.9. The Hall–Kier alpha value is -2.82. The molecule has 0 N–H and O–H groups in total. The quantitative estimate of drug-likeness (QED) is 0.190. The molecule has 2 aromatic carbocycles. The molecule has 0 spiro atoms. The molecule has 2 aromatic heterocycles. The third kappa shape index (κ3) is 6.42. The van der Waals surface area contributed by atoms with Crippen molar-refractivity contribution in [3.8, 4) is 22.6 Å². The second-order valence-corrected chi connectivity index (χ2v) is 10.4. The van der Waals surface area contributed by atoms with Crippen LogP contribution >= 0.6 is 24.2 Å². The highest BCUT2D eigenvalue weighted by Gasteiger charge is 2.30. The Morgan fingerprint density at radius 1 is 0.947 bits per heavy atom. The normalized spacial score (nSPS) is 14.1. The van der Waals surface area contributed by atoms with Gasteiger partial charge in [0.25, 0.3) is 0 Å². The van der Waals surface area contributed by atoms with Gasteiger partial charge in [0, 0.05) is 43.1 Å². The smallest absolute Gasteiger partial charge is 0.361 e. The van der Waals surface area contributed by atoms with Crippen molar-refractivity contribution in [3.63, 3.8) is 0 Å². The average Bonchev–Trinajstić information content (AvgIpc) is 3.41. The zero-order chi connectivity index (χ0) is 26.0. The van der Waals surface area contributed by atoms with Gasteiger partial charge < -0.3 is 14.0 Å². The number of nitrogens with zero attached hydrogens (tertiary/aromatic N) is 5. The van der Waals surface area contributed by atoms with Crippen molar-refractivity contribution in [2.45, 2.75) is 37.5 Å². The number of aryl methyl sites for hydroxylation is 1. The highest BCUT2D eigenvalue weighted by atomic mass is 35.5. The van der Waals surface area contributed by atoms with Crippen LogP contribution in [0.25, 0.3) is 22.6 Å². The molecule has 0 bridgehead atoms. The van der Waals surface area contributed by atoms with Crippen LogP contribution in [-0.2, 0) is 26.1 Å². The molecule has 5 rings (SSSR count). The lowest BCUT2D eigenvalue weighted by Gasteiger charge is -2.19. The minimum Gasteiger partial charge on any atom is -0.361 e. The monoisotopic (exact) mass is 563 g/mol. The molecular formula is C27H29ClF3N5OS. The third-order valence-electron chi connectivity index (χ3n) is 6.68. The first kappa shape index (κ1) is 28.2. The van der Waals surface area contributed by atoms with Gasteiger partial charge in [-0.15, -0.1) is 22.6 Å². The molecule has 0 amide bonds. The van der Waals surface area contributed by atoms with E-state index >= 15 is 0 Å². The van der Waals surface area contributed by atoms with E-state index in [2.05, 4.69) is 38.5 Å². The van der Waals surface area contributed by atoms with Crippen LogP contribution in [0.1, 0.15) is 28.9 Å². The van der Waals surface area contributed by atoms with Crippen LogP contribution in [0.5, 0.6) is 0 Å². The van der Waals surface area contributed by atoms with Gasteiger partial charge in [0.1, 0.15) is 11.5 Å². The van der Waals surface area contributed by atoms with E-state index in [-0.39, 0.29) is 12.4 Å². The van der Waals surface area contributed by atoms with E-state index in [0.29, 0.717) is 11.4 Å². The summed E-state index contributed by atoms with van der Waals surface area (Å²) >= 11 is 1.62. The standard InChI is InChI=1S/C27H28F3N5OS.ClH/c1-18-16-24(33-36-18)22-5-4-19-10-13-35(14-11-21(19)17-22)12-3-15-37-26-32-31-25(34(26)2)20-6-8-23(9-7-20)27(28,29)30;/h4-9,16-17H,3,10-15H2,1-2H3;1H. The van der Waals surface area contributed by atoms with Crippen LogP contribution in [0, 0.1) is 6.92 Å². The molecule has 0 saturated carbocycles. The van der Waals surface area contributed by atoms with E-state index < -0.39 is 11.7 Å². The van der Waals surface area contributed by atoms with Crippen LogP contribution in [0.2, 0.25) is 0 Å². The van der Waals surface area contributed by atoms with Crippen molar-refractivity contribution in [1.82, 2.24) is 24.8 Å². The predicted octanol–water partition coefficient (Wildman–Crippen LogP) is 6.47. The number of benzene rings is 2. The van der Waals surface area contributed by atoms with E-state index in [1.165, 1.54) is 23.3 Å². The van der Waals surface area contributed by atoms with Crippen molar-refractivity contribution in [2.75, 3.05) is 25.4 Å². The van der Waals surface area contributed by atoms with Gasteiger partial charge in [-0.25, -0.2) is 0 Å². The fourth-order valence-corrected chi connectivity index (χ4v) is 5.44. The maximum atomic E-state index is 12.8. The van der Waals surface area contributed by atoms with Gasteiger partial charge in [-0.3, -0.25) is 0 Å². The average molecular weight is 564 g/mol. The molecule has 0 radical (unpaired) electrons. The molecule has 11 heteroatoms. The van der Waals surface area contributed by atoms with Gasteiger partial charge in [-0.2, -0.15) is 13.2 Å². The number of fused-ring (bicyclic) bond motifs is 1. The molecule has 202 valence electrons. The minimum atomic E-state index is -4.35. The van der Waals surface area contributed by atoms with Gasteiger partial charge >= 0.3 is 6.18 Å². The number of halogens is 4. The lowest BCUT2D eigenvalue weighted by molar-refractivity contribution is -0.137. The summed E-state index contributed by atoms with van der Waals surface area (Å²) in [6, 6.07) is 13.6. The molecule has 4 aromatic rings. The molecule has 38 heavy (non-hydrogen) atoms. The summed E-state index contributed by atoms with van der Waals surface area (Å²) in [6.07, 6.45) is -1.31.